The van der Waals surface area contributed by atoms with Crippen LogP contribution in [0.4, 0.5) is 10.5 Å². The van der Waals surface area contributed by atoms with Gasteiger partial charge in [0.15, 0.2) is 5.78 Å². The van der Waals surface area contributed by atoms with Crippen LogP contribution in [-0.4, -0.2) is 40.9 Å². The van der Waals surface area contributed by atoms with Crippen LogP contribution >= 0.6 is 0 Å². The third-order valence-corrected chi connectivity index (χ3v) is 4.58. The molecule has 1 saturated heterocycles. The summed E-state index contributed by atoms with van der Waals surface area (Å²) in [4.78, 5) is 38.7. The molecule has 2 aliphatic heterocycles. The fourth-order valence-electron chi connectivity index (χ4n) is 3.51. The van der Waals surface area contributed by atoms with Gasteiger partial charge in [0.1, 0.15) is 5.60 Å². The molecule has 1 spiro atoms. The monoisotopic (exact) mass is 330 g/mol. The van der Waals surface area contributed by atoms with E-state index in [1.807, 2.05) is 24.3 Å². The van der Waals surface area contributed by atoms with Crippen LogP contribution in [0.5, 0.6) is 0 Å². The first-order valence-electron chi connectivity index (χ1n) is 8.05. The number of amides is 2. The number of ketones is 1. The standard InChI is InChI=1S/C18H22N2O4/c1-11(21)14-9-18(10-20(14)16(23)24-17(2,3)4)12-7-5-6-8-13(12)19-15(18)22/h5-8,14H,9-10H2,1-4H3,(H,19,22)/t14-,18+/m0/s1. The normalized spacial score (nSPS) is 25.6. The van der Waals surface area contributed by atoms with Crippen molar-refractivity contribution in [3.8, 4) is 0 Å². The Morgan fingerprint density at radius 2 is 1.96 bits per heavy atom. The van der Waals surface area contributed by atoms with E-state index >= 15 is 0 Å². The quantitative estimate of drug-likeness (QED) is 0.858. The van der Waals surface area contributed by atoms with Crippen LogP contribution in [0, 0.1) is 0 Å². The predicted octanol–water partition coefficient (Wildman–Crippen LogP) is 2.47. The lowest BCUT2D eigenvalue weighted by molar-refractivity contribution is -0.121. The Bertz CT molecular complexity index is 722. The van der Waals surface area contributed by atoms with Crippen molar-refractivity contribution in [3.05, 3.63) is 29.8 Å². The van der Waals surface area contributed by atoms with Gasteiger partial charge in [-0.15, -0.1) is 0 Å². The largest absolute Gasteiger partial charge is 0.444 e. The van der Waals surface area contributed by atoms with Crippen molar-refractivity contribution >= 4 is 23.5 Å². The smallest absolute Gasteiger partial charge is 0.410 e. The predicted molar refractivity (Wildman–Crippen MR) is 88.8 cm³/mol. The summed E-state index contributed by atoms with van der Waals surface area (Å²) in [6.45, 7) is 6.92. The molecular weight excluding hydrogens is 308 g/mol. The minimum absolute atomic E-state index is 0.144. The molecule has 2 aliphatic rings. The number of para-hydroxylation sites is 1. The molecule has 0 aromatic heterocycles. The van der Waals surface area contributed by atoms with Gasteiger partial charge in [0.2, 0.25) is 5.91 Å². The molecule has 0 radical (unpaired) electrons. The van der Waals surface area contributed by atoms with Crippen LogP contribution in [-0.2, 0) is 19.7 Å². The SMILES string of the molecule is CC(=O)[C@@H]1C[C@]2(CN1C(=O)OC(C)(C)C)C(=O)Nc1ccccc12. The number of fused-ring (bicyclic) bond motifs is 2. The van der Waals surface area contributed by atoms with E-state index in [1.54, 1.807) is 20.8 Å². The molecule has 6 heteroatoms. The summed E-state index contributed by atoms with van der Waals surface area (Å²) in [6, 6.07) is 6.77. The van der Waals surface area contributed by atoms with Crippen molar-refractivity contribution in [2.24, 2.45) is 0 Å². The van der Waals surface area contributed by atoms with Crippen LogP contribution in [0.1, 0.15) is 39.7 Å². The summed E-state index contributed by atoms with van der Waals surface area (Å²) in [6.07, 6.45) is -0.276. The zero-order chi connectivity index (χ0) is 17.7. The van der Waals surface area contributed by atoms with E-state index < -0.39 is 23.2 Å². The van der Waals surface area contributed by atoms with Gasteiger partial charge in [0.25, 0.3) is 0 Å². The summed E-state index contributed by atoms with van der Waals surface area (Å²) < 4.78 is 5.43. The zero-order valence-electron chi connectivity index (χ0n) is 14.4. The van der Waals surface area contributed by atoms with Crippen LogP contribution in [0.15, 0.2) is 24.3 Å². The number of anilines is 1. The van der Waals surface area contributed by atoms with Crippen molar-refractivity contribution in [2.45, 2.75) is 51.2 Å². The number of carbonyl (C=O) groups is 3. The van der Waals surface area contributed by atoms with Gasteiger partial charge in [-0.2, -0.15) is 0 Å². The number of hydrogen-bond acceptors (Lipinski definition) is 4. The molecule has 128 valence electrons. The van der Waals surface area contributed by atoms with E-state index in [4.69, 9.17) is 4.74 Å². The Morgan fingerprint density at radius 1 is 1.29 bits per heavy atom. The second-order valence-electron chi connectivity index (χ2n) is 7.52. The number of benzene rings is 1. The highest BCUT2D eigenvalue weighted by atomic mass is 16.6. The summed E-state index contributed by atoms with van der Waals surface area (Å²) in [7, 11) is 0. The Morgan fingerprint density at radius 3 is 2.58 bits per heavy atom. The van der Waals surface area contributed by atoms with E-state index in [0.717, 1.165) is 11.3 Å². The fourth-order valence-corrected chi connectivity index (χ4v) is 3.51. The first-order valence-corrected chi connectivity index (χ1v) is 8.05. The molecule has 1 fully saturated rings. The molecule has 0 bridgehead atoms. The number of carbonyl (C=O) groups excluding carboxylic acids is 3. The van der Waals surface area contributed by atoms with Gasteiger partial charge in [-0.3, -0.25) is 14.5 Å². The highest BCUT2D eigenvalue weighted by molar-refractivity contribution is 6.08. The lowest BCUT2D eigenvalue weighted by atomic mass is 9.79. The van der Waals surface area contributed by atoms with E-state index in [-0.39, 0.29) is 24.7 Å². The number of nitrogens with one attached hydrogen (secondary N) is 1. The Balaban J connectivity index is 1.98. The van der Waals surface area contributed by atoms with Gasteiger partial charge in [-0.25, -0.2) is 4.79 Å². The van der Waals surface area contributed by atoms with Crippen LogP contribution in [0.3, 0.4) is 0 Å². The van der Waals surface area contributed by atoms with Crippen LogP contribution in [0.25, 0.3) is 0 Å². The Labute approximate surface area is 141 Å². The Hall–Kier alpha value is -2.37. The van der Waals surface area contributed by atoms with Gasteiger partial charge in [0.05, 0.1) is 11.5 Å². The molecule has 1 aromatic rings. The molecule has 6 nitrogen and oxygen atoms in total. The first kappa shape index (κ1) is 16.5. The summed E-state index contributed by atoms with van der Waals surface area (Å²) in [5.74, 6) is -0.309. The molecule has 2 heterocycles. The molecule has 1 aromatic carbocycles. The molecule has 0 aliphatic carbocycles. The molecule has 3 rings (SSSR count). The summed E-state index contributed by atoms with van der Waals surface area (Å²) in [5, 5.41) is 2.87. The van der Waals surface area contributed by atoms with Crippen LogP contribution in [0.2, 0.25) is 0 Å². The van der Waals surface area contributed by atoms with E-state index in [1.165, 1.54) is 11.8 Å². The second-order valence-corrected chi connectivity index (χ2v) is 7.52. The van der Waals surface area contributed by atoms with Gasteiger partial charge >= 0.3 is 6.09 Å². The lowest BCUT2D eigenvalue weighted by Crippen LogP contribution is -2.44. The number of likely N-dealkylation sites (tertiary alicyclic amines) is 1. The van der Waals surface area contributed by atoms with E-state index in [2.05, 4.69) is 5.32 Å². The molecular formula is C18H22N2O4. The van der Waals surface area contributed by atoms with Gasteiger partial charge in [-0.1, -0.05) is 18.2 Å². The third-order valence-electron chi connectivity index (χ3n) is 4.58. The average molecular weight is 330 g/mol. The minimum Gasteiger partial charge on any atom is -0.444 e. The van der Waals surface area contributed by atoms with Crippen molar-refractivity contribution < 1.29 is 19.1 Å². The van der Waals surface area contributed by atoms with Gasteiger partial charge < -0.3 is 10.1 Å². The van der Waals surface area contributed by atoms with Crippen molar-refractivity contribution in [2.75, 3.05) is 11.9 Å². The highest BCUT2D eigenvalue weighted by Crippen LogP contribution is 2.46. The zero-order valence-corrected chi connectivity index (χ0v) is 14.4. The summed E-state index contributed by atoms with van der Waals surface area (Å²) >= 11 is 0. The average Bonchev–Trinajstić information content (AvgIpc) is 2.99. The molecule has 2 atom stereocenters. The lowest BCUT2D eigenvalue weighted by Gasteiger charge is -2.28. The number of hydrogen-bond donors (Lipinski definition) is 1. The maximum Gasteiger partial charge on any atom is 0.410 e. The van der Waals surface area contributed by atoms with Gasteiger partial charge in [-0.05, 0) is 45.7 Å². The highest BCUT2D eigenvalue weighted by Gasteiger charge is 2.57. The van der Waals surface area contributed by atoms with Crippen molar-refractivity contribution in [1.82, 2.24) is 4.90 Å². The van der Waals surface area contributed by atoms with Crippen molar-refractivity contribution in [1.29, 1.82) is 0 Å². The maximum absolute atomic E-state index is 12.7. The molecule has 0 unspecified atom stereocenters. The Kier molecular flexibility index (Phi) is 3.66. The van der Waals surface area contributed by atoms with Crippen LogP contribution < -0.4 is 5.32 Å². The van der Waals surface area contributed by atoms with E-state index in [0.29, 0.717) is 0 Å². The second kappa shape index (κ2) is 5.33. The van der Waals surface area contributed by atoms with Gasteiger partial charge in [0, 0.05) is 12.2 Å². The number of ether oxygens (including phenoxy) is 1. The molecule has 2 amide bonds. The van der Waals surface area contributed by atoms with Crippen molar-refractivity contribution in [3.63, 3.8) is 0 Å². The maximum atomic E-state index is 12.7. The topological polar surface area (TPSA) is 75.7 Å². The number of Topliss-reactive ketones (excluding diaryl/α,β-unsaturated/α-hetero) is 1. The minimum atomic E-state index is -0.885. The third kappa shape index (κ3) is 2.56. The molecule has 1 N–H and O–H groups in total. The fraction of sp³-hybridized carbons (Fsp3) is 0.500. The first-order chi connectivity index (χ1) is 11.1. The molecule has 24 heavy (non-hydrogen) atoms. The number of nitrogens with zero attached hydrogens (tertiary/aromatic N) is 1. The molecule has 0 saturated carbocycles. The number of rotatable bonds is 1. The summed E-state index contributed by atoms with van der Waals surface area (Å²) in [5.41, 5.74) is 0.0385. The van der Waals surface area contributed by atoms with E-state index in [9.17, 15) is 14.4 Å².